The zero-order valence-corrected chi connectivity index (χ0v) is 14.3. The van der Waals surface area contributed by atoms with E-state index in [9.17, 15) is 4.79 Å². The predicted octanol–water partition coefficient (Wildman–Crippen LogP) is 2.38. The molecule has 0 fully saturated rings. The van der Waals surface area contributed by atoms with Crippen molar-refractivity contribution >= 4 is 11.8 Å². The minimum Gasteiger partial charge on any atom is -0.496 e. The van der Waals surface area contributed by atoms with Gasteiger partial charge in [0.05, 0.1) is 21.3 Å². The van der Waals surface area contributed by atoms with Crippen molar-refractivity contribution in [3.63, 3.8) is 0 Å². The molecule has 0 aliphatic carbocycles. The Morgan fingerprint density at radius 2 is 1.64 bits per heavy atom. The van der Waals surface area contributed by atoms with Crippen LogP contribution < -0.4 is 19.9 Å². The van der Waals surface area contributed by atoms with Crippen molar-refractivity contribution in [2.45, 2.75) is 6.42 Å². The molecule has 2 aromatic carbocycles. The molecule has 7 nitrogen and oxygen atoms in total. The number of methoxy groups -OCH3 is 3. The van der Waals surface area contributed by atoms with Crippen molar-refractivity contribution in [1.29, 1.82) is 0 Å². The molecule has 0 unspecified atom stereocenters. The number of para-hydroxylation sites is 1. The smallest absolute Gasteiger partial charge is 0.369 e. The molecule has 0 saturated carbocycles. The van der Waals surface area contributed by atoms with Crippen molar-refractivity contribution in [1.82, 2.24) is 0 Å². The highest BCUT2D eigenvalue weighted by Crippen LogP contribution is 2.27. The van der Waals surface area contributed by atoms with Gasteiger partial charge in [-0.25, -0.2) is 4.79 Å². The normalized spacial score (nSPS) is 10.9. The van der Waals surface area contributed by atoms with Gasteiger partial charge in [-0.2, -0.15) is 0 Å². The molecule has 0 heterocycles. The average Bonchev–Trinajstić information content (AvgIpc) is 2.65. The molecule has 0 atom stereocenters. The second-order valence-corrected chi connectivity index (χ2v) is 5.03. The van der Waals surface area contributed by atoms with Gasteiger partial charge in [0, 0.05) is 6.42 Å². The molecule has 0 aromatic heterocycles. The summed E-state index contributed by atoms with van der Waals surface area (Å²) in [4.78, 5) is 17.0. The van der Waals surface area contributed by atoms with Gasteiger partial charge >= 0.3 is 5.97 Å². The van der Waals surface area contributed by atoms with Gasteiger partial charge in [0.1, 0.15) is 17.1 Å². The van der Waals surface area contributed by atoms with Crippen LogP contribution >= 0.6 is 0 Å². The van der Waals surface area contributed by atoms with Gasteiger partial charge in [-0.05, 0) is 29.8 Å². The van der Waals surface area contributed by atoms with Crippen LogP contribution in [0, 0.1) is 0 Å². The summed E-state index contributed by atoms with van der Waals surface area (Å²) in [6.07, 6.45) is 0.291. The third-order valence-corrected chi connectivity index (χ3v) is 3.41. The number of carbonyl (C=O) groups excluding carboxylic acids is 1. The summed E-state index contributed by atoms with van der Waals surface area (Å²) in [6, 6.07) is 12.1. The van der Waals surface area contributed by atoms with Crippen LogP contribution in [-0.2, 0) is 11.3 Å². The summed E-state index contributed by atoms with van der Waals surface area (Å²) in [5.74, 6) is 1.10. The van der Waals surface area contributed by atoms with E-state index in [2.05, 4.69) is 5.16 Å². The highest BCUT2D eigenvalue weighted by Gasteiger charge is 2.13. The summed E-state index contributed by atoms with van der Waals surface area (Å²) in [5, 5.41) is 3.69. The zero-order chi connectivity index (χ0) is 18.2. The SMILES string of the molecule is COc1ccc(C/C(N)=N\OC(=O)c2ccccc2OC)cc1OC. The first kappa shape index (κ1) is 18.1. The lowest BCUT2D eigenvalue weighted by atomic mass is 10.1. The van der Waals surface area contributed by atoms with Gasteiger partial charge in [0.25, 0.3) is 0 Å². The van der Waals surface area contributed by atoms with E-state index >= 15 is 0 Å². The van der Waals surface area contributed by atoms with E-state index in [1.54, 1.807) is 50.6 Å². The lowest BCUT2D eigenvalue weighted by molar-refractivity contribution is 0.0511. The van der Waals surface area contributed by atoms with Crippen LogP contribution in [0.2, 0.25) is 0 Å². The number of amidine groups is 1. The number of hydrogen-bond acceptors (Lipinski definition) is 6. The summed E-state index contributed by atoms with van der Waals surface area (Å²) in [6.45, 7) is 0. The van der Waals surface area contributed by atoms with Crippen molar-refractivity contribution in [3.8, 4) is 17.2 Å². The third kappa shape index (κ3) is 4.63. The van der Waals surface area contributed by atoms with E-state index in [4.69, 9.17) is 24.8 Å². The van der Waals surface area contributed by atoms with Gasteiger partial charge in [0.2, 0.25) is 0 Å². The van der Waals surface area contributed by atoms with Gasteiger partial charge < -0.3 is 24.8 Å². The van der Waals surface area contributed by atoms with Crippen LogP contribution in [0.15, 0.2) is 47.6 Å². The zero-order valence-electron chi connectivity index (χ0n) is 14.3. The molecule has 25 heavy (non-hydrogen) atoms. The number of nitrogens with zero attached hydrogens (tertiary/aromatic N) is 1. The third-order valence-electron chi connectivity index (χ3n) is 3.41. The van der Waals surface area contributed by atoms with Crippen LogP contribution in [0.25, 0.3) is 0 Å². The Labute approximate surface area is 145 Å². The fourth-order valence-electron chi connectivity index (χ4n) is 2.19. The lowest BCUT2D eigenvalue weighted by Crippen LogP contribution is -2.17. The molecule has 0 radical (unpaired) electrons. The highest BCUT2D eigenvalue weighted by atomic mass is 16.7. The highest BCUT2D eigenvalue weighted by molar-refractivity contribution is 5.93. The average molecular weight is 344 g/mol. The number of ether oxygens (including phenoxy) is 3. The van der Waals surface area contributed by atoms with Crippen molar-refractivity contribution < 1.29 is 23.8 Å². The molecule has 2 aromatic rings. The largest absolute Gasteiger partial charge is 0.496 e. The molecule has 0 bridgehead atoms. The summed E-state index contributed by atoms with van der Waals surface area (Å²) >= 11 is 0. The fourth-order valence-corrected chi connectivity index (χ4v) is 2.19. The van der Waals surface area contributed by atoms with E-state index < -0.39 is 5.97 Å². The van der Waals surface area contributed by atoms with E-state index in [-0.39, 0.29) is 11.4 Å². The molecule has 0 amide bonds. The molecule has 132 valence electrons. The van der Waals surface area contributed by atoms with Gasteiger partial charge in [-0.15, -0.1) is 0 Å². The maximum absolute atomic E-state index is 12.1. The van der Waals surface area contributed by atoms with E-state index in [0.29, 0.717) is 23.7 Å². The number of nitrogens with two attached hydrogens (primary N) is 1. The first-order chi connectivity index (χ1) is 12.1. The molecular formula is C18H20N2O5. The number of hydrogen-bond donors (Lipinski definition) is 1. The first-order valence-corrected chi connectivity index (χ1v) is 7.46. The van der Waals surface area contributed by atoms with E-state index in [0.717, 1.165) is 5.56 Å². The Balaban J connectivity index is 2.05. The molecule has 7 heteroatoms. The van der Waals surface area contributed by atoms with Crippen LogP contribution in [-0.4, -0.2) is 33.1 Å². The van der Waals surface area contributed by atoms with Crippen LogP contribution in [0.1, 0.15) is 15.9 Å². The minimum atomic E-state index is -0.646. The molecule has 0 saturated heterocycles. The van der Waals surface area contributed by atoms with Crippen molar-refractivity contribution in [2.75, 3.05) is 21.3 Å². The number of carbonyl (C=O) groups is 1. The molecule has 0 aliphatic heterocycles. The van der Waals surface area contributed by atoms with Crippen LogP contribution in [0.3, 0.4) is 0 Å². The number of benzene rings is 2. The predicted molar refractivity (Wildman–Crippen MR) is 93.3 cm³/mol. The Morgan fingerprint density at radius 1 is 0.960 bits per heavy atom. The molecule has 2 N–H and O–H groups in total. The fraction of sp³-hybridized carbons (Fsp3) is 0.222. The number of rotatable bonds is 7. The number of oxime groups is 1. The lowest BCUT2D eigenvalue weighted by Gasteiger charge is -2.09. The summed E-state index contributed by atoms with van der Waals surface area (Å²) in [5.41, 5.74) is 6.95. The second kappa shape index (κ2) is 8.58. The second-order valence-electron chi connectivity index (χ2n) is 5.03. The first-order valence-electron chi connectivity index (χ1n) is 7.46. The Morgan fingerprint density at radius 3 is 2.32 bits per heavy atom. The molecule has 0 aliphatic rings. The quantitative estimate of drug-likeness (QED) is 0.359. The molecular weight excluding hydrogens is 324 g/mol. The monoisotopic (exact) mass is 344 g/mol. The topological polar surface area (TPSA) is 92.4 Å². The van der Waals surface area contributed by atoms with E-state index in [1.807, 2.05) is 6.07 Å². The maximum atomic E-state index is 12.1. The van der Waals surface area contributed by atoms with Gasteiger partial charge in [-0.1, -0.05) is 23.4 Å². The van der Waals surface area contributed by atoms with Crippen molar-refractivity contribution in [3.05, 3.63) is 53.6 Å². The van der Waals surface area contributed by atoms with Crippen LogP contribution in [0.4, 0.5) is 0 Å². The van der Waals surface area contributed by atoms with E-state index in [1.165, 1.54) is 7.11 Å². The molecule has 0 spiro atoms. The summed E-state index contributed by atoms with van der Waals surface area (Å²) < 4.78 is 15.5. The minimum absolute atomic E-state index is 0.149. The van der Waals surface area contributed by atoms with Crippen LogP contribution in [0.5, 0.6) is 17.2 Å². The Kier molecular flexibility index (Phi) is 6.22. The standard InChI is InChI=1S/C18H20N2O5/c1-22-14-7-5-4-6-13(14)18(21)25-20-17(19)11-12-8-9-15(23-2)16(10-12)24-3/h4-10H,11H2,1-3H3,(H2,19,20). The summed E-state index contributed by atoms with van der Waals surface area (Å²) in [7, 11) is 4.58. The molecule has 2 rings (SSSR count). The van der Waals surface area contributed by atoms with Gasteiger partial charge in [0.15, 0.2) is 11.5 Å². The van der Waals surface area contributed by atoms with Crippen molar-refractivity contribution in [2.24, 2.45) is 10.9 Å². The van der Waals surface area contributed by atoms with Gasteiger partial charge in [-0.3, -0.25) is 0 Å². The maximum Gasteiger partial charge on any atom is 0.369 e. The Bertz CT molecular complexity index is 774. The Hall–Kier alpha value is -3.22.